The topological polar surface area (TPSA) is 43.6 Å². The van der Waals surface area contributed by atoms with Crippen LogP contribution in [-0.2, 0) is 0 Å². The van der Waals surface area contributed by atoms with E-state index in [1.165, 1.54) is 27.2 Å². The average Bonchev–Trinajstić information content (AvgIpc) is 3.59. The van der Waals surface area contributed by atoms with Crippen LogP contribution in [0.15, 0.2) is 182 Å². The van der Waals surface area contributed by atoms with Crippen LogP contribution in [-0.4, -0.2) is 19.5 Å². The normalized spacial score (nSPS) is 11.3. The molecule has 0 saturated carbocycles. The van der Waals surface area contributed by atoms with E-state index in [0.717, 1.165) is 39.1 Å². The summed E-state index contributed by atoms with van der Waals surface area (Å²) >= 11 is 0. The van der Waals surface area contributed by atoms with Crippen LogP contribution in [0.1, 0.15) is 0 Å². The number of fused-ring (bicyclic) bond motifs is 3. The van der Waals surface area contributed by atoms with Crippen molar-refractivity contribution in [1.82, 2.24) is 19.5 Å². The molecule has 0 N–H and O–H groups in total. The maximum absolute atomic E-state index is 4.97. The van der Waals surface area contributed by atoms with Gasteiger partial charge in [0, 0.05) is 39.5 Å². The van der Waals surface area contributed by atoms with E-state index in [9.17, 15) is 0 Å². The van der Waals surface area contributed by atoms with E-state index in [4.69, 9.17) is 15.0 Å². The molecule has 0 saturated heterocycles. The summed E-state index contributed by atoms with van der Waals surface area (Å²) in [6, 6.07) is 61.2. The van der Waals surface area contributed by atoms with Crippen molar-refractivity contribution >= 4 is 21.7 Å². The molecule has 4 nitrogen and oxygen atoms in total. The fraction of sp³-hybridized carbons (Fsp3) is 0. The Morgan fingerprint density at radius 1 is 0.367 bits per heavy atom. The van der Waals surface area contributed by atoms with Gasteiger partial charge in [0.15, 0.2) is 17.5 Å². The lowest BCUT2D eigenvalue weighted by Gasteiger charge is -2.10. The zero-order chi connectivity index (χ0) is 32.6. The molecular formula is C45H30N4. The zero-order valence-electron chi connectivity index (χ0n) is 26.6. The van der Waals surface area contributed by atoms with Crippen LogP contribution in [0.4, 0.5) is 0 Å². The van der Waals surface area contributed by atoms with Gasteiger partial charge in [0.1, 0.15) is 0 Å². The largest absolute Gasteiger partial charge is 0.316 e. The minimum absolute atomic E-state index is 0.642. The van der Waals surface area contributed by atoms with Crippen LogP contribution < -0.4 is 0 Å². The van der Waals surface area contributed by atoms with E-state index in [1.54, 1.807) is 0 Å². The monoisotopic (exact) mass is 626 g/mol. The van der Waals surface area contributed by atoms with Gasteiger partial charge in [-0.05, 0) is 57.8 Å². The van der Waals surface area contributed by atoms with Crippen molar-refractivity contribution in [3.8, 4) is 62.1 Å². The Morgan fingerprint density at radius 3 is 1.51 bits per heavy atom. The molecule has 2 heterocycles. The third-order valence-corrected chi connectivity index (χ3v) is 9.06. The predicted octanol–water partition coefficient (Wildman–Crippen LogP) is 11.3. The summed E-state index contributed by atoms with van der Waals surface area (Å²) in [6.45, 7) is 0. The first kappa shape index (κ1) is 28.6. The van der Waals surface area contributed by atoms with Crippen molar-refractivity contribution in [3.63, 3.8) is 0 Å². The minimum Gasteiger partial charge on any atom is -0.316 e. The van der Waals surface area contributed by atoms with Gasteiger partial charge in [-0.2, -0.15) is 0 Å². The van der Waals surface area contributed by atoms with E-state index >= 15 is 0 Å². The Hall–Kier alpha value is -6.65. The lowest BCUT2D eigenvalue weighted by Crippen LogP contribution is -2.00. The Kier molecular flexibility index (Phi) is 7.10. The standard InChI is InChI=1S/C45H30N4/c1-4-15-32(16-5-1)43-46-44(33-17-6-2-7-18-33)48-45(47-43)37-22-13-20-35(29-37)34-19-12-21-36(28-34)40-30-49(38-23-8-3-9-24-38)41-27-26-31-14-10-11-25-39(31)42(40)41/h1-30H. The highest BCUT2D eigenvalue weighted by Crippen LogP contribution is 2.39. The minimum atomic E-state index is 0.642. The molecule has 0 bridgehead atoms. The van der Waals surface area contributed by atoms with Crippen LogP contribution in [0.5, 0.6) is 0 Å². The molecule has 7 aromatic carbocycles. The van der Waals surface area contributed by atoms with Gasteiger partial charge < -0.3 is 4.57 Å². The van der Waals surface area contributed by atoms with E-state index in [-0.39, 0.29) is 0 Å². The molecule has 4 heteroatoms. The van der Waals surface area contributed by atoms with Crippen LogP contribution in [0.3, 0.4) is 0 Å². The molecule has 0 aliphatic heterocycles. The molecule has 230 valence electrons. The first-order valence-electron chi connectivity index (χ1n) is 16.4. The summed E-state index contributed by atoms with van der Waals surface area (Å²) in [4.78, 5) is 14.8. The molecular weight excluding hydrogens is 597 g/mol. The molecule has 0 spiro atoms. The molecule has 9 rings (SSSR count). The van der Waals surface area contributed by atoms with Gasteiger partial charge in [0.25, 0.3) is 0 Å². The Morgan fingerprint density at radius 2 is 0.857 bits per heavy atom. The van der Waals surface area contributed by atoms with Gasteiger partial charge in [0.2, 0.25) is 0 Å². The van der Waals surface area contributed by atoms with E-state index in [1.807, 2.05) is 60.7 Å². The SMILES string of the molecule is c1ccc(-c2nc(-c3ccccc3)nc(-c3cccc(-c4cccc(-c5cn(-c6ccccc6)c6ccc7ccccc7c56)c4)c3)n2)cc1. The van der Waals surface area contributed by atoms with Crippen molar-refractivity contribution in [2.24, 2.45) is 0 Å². The lowest BCUT2D eigenvalue weighted by atomic mass is 9.96. The summed E-state index contributed by atoms with van der Waals surface area (Å²) in [7, 11) is 0. The Bertz CT molecular complexity index is 2530. The summed E-state index contributed by atoms with van der Waals surface area (Å²) < 4.78 is 2.31. The molecule has 0 radical (unpaired) electrons. The molecule has 0 atom stereocenters. The summed E-state index contributed by atoms with van der Waals surface area (Å²) in [5.74, 6) is 1.95. The zero-order valence-corrected chi connectivity index (χ0v) is 26.6. The summed E-state index contributed by atoms with van der Waals surface area (Å²) in [6.07, 6.45) is 2.28. The third-order valence-electron chi connectivity index (χ3n) is 9.06. The fourth-order valence-corrected chi connectivity index (χ4v) is 6.67. The van der Waals surface area contributed by atoms with Crippen LogP contribution in [0, 0.1) is 0 Å². The maximum atomic E-state index is 4.97. The molecule has 0 fully saturated rings. The highest BCUT2D eigenvalue weighted by atomic mass is 15.0. The number of hydrogen-bond acceptors (Lipinski definition) is 3. The van der Waals surface area contributed by atoms with Crippen LogP contribution >= 0.6 is 0 Å². The van der Waals surface area contributed by atoms with Crippen molar-refractivity contribution in [2.75, 3.05) is 0 Å². The first-order valence-corrected chi connectivity index (χ1v) is 16.4. The van der Waals surface area contributed by atoms with E-state index in [0.29, 0.717) is 17.5 Å². The molecule has 0 aliphatic carbocycles. The maximum Gasteiger partial charge on any atom is 0.164 e. The fourth-order valence-electron chi connectivity index (χ4n) is 6.67. The molecule has 0 amide bonds. The van der Waals surface area contributed by atoms with Gasteiger partial charge >= 0.3 is 0 Å². The van der Waals surface area contributed by atoms with Crippen LogP contribution in [0.25, 0.3) is 83.8 Å². The second kappa shape index (κ2) is 12.2. The van der Waals surface area contributed by atoms with Crippen LogP contribution in [0.2, 0.25) is 0 Å². The van der Waals surface area contributed by atoms with Crippen molar-refractivity contribution in [3.05, 3.63) is 182 Å². The molecule has 0 aliphatic rings. The highest BCUT2D eigenvalue weighted by Gasteiger charge is 2.16. The number of benzene rings is 7. The lowest BCUT2D eigenvalue weighted by molar-refractivity contribution is 1.07. The molecule has 9 aromatic rings. The third kappa shape index (κ3) is 5.35. The van der Waals surface area contributed by atoms with Gasteiger partial charge in [-0.25, -0.2) is 15.0 Å². The number of para-hydroxylation sites is 1. The Labute approximate surface area is 284 Å². The Balaban J connectivity index is 1.17. The predicted molar refractivity (Wildman–Crippen MR) is 201 cm³/mol. The number of hydrogen-bond donors (Lipinski definition) is 0. The highest BCUT2D eigenvalue weighted by molar-refractivity contribution is 6.14. The second-order valence-corrected chi connectivity index (χ2v) is 12.1. The van der Waals surface area contributed by atoms with Crippen molar-refractivity contribution in [2.45, 2.75) is 0 Å². The second-order valence-electron chi connectivity index (χ2n) is 12.1. The molecule has 49 heavy (non-hydrogen) atoms. The quantitative estimate of drug-likeness (QED) is 0.184. The summed E-state index contributed by atoms with van der Waals surface area (Å²) in [5.41, 5.74) is 9.75. The summed E-state index contributed by atoms with van der Waals surface area (Å²) in [5, 5.41) is 3.73. The average molecular weight is 627 g/mol. The van der Waals surface area contributed by atoms with E-state index < -0.39 is 0 Å². The van der Waals surface area contributed by atoms with Crippen molar-refractivity contribution in [1.29, 1.82) is 0 Å². The smallest absolute Gasteiger partial charge is 0.164 e. The number of nitrogens with zero attached hydrogens (tertiary/aromatic N) is 4. The van der Waals surface area contributed by atoms with Gasteiger partial charge in [-0.3, -0.25) is 0 Å². The number of aromatic nitrogens is 4. The first-order chi connectivity index (χ1) is 24.3. The number of rotatable bonds is 6. The van der Waals surface area contributed by atoms with E-state index in [2.05, 4.69) is 126 Å². The van der Waals surface area contributed by atoms with Crippen molar-refractivity contribution < 1.29 is 0 Å². The molecule has 0 unspecified atom stereocenters. The van der Waals surface area contributed by atoms with Gasteiger partial charge in [-0.15, -0.1) is 0 Å². The molecule has 2 aromatic heterocycles. The van der Waals surface area contributed by atoms with Gasteiger partial charge in [0.05, 0.1) is 5.52 Å². The van der Waals surface area contributed by atoms with Gasteiger partial charge in [-0.1, -0.05) is 146 Å².